The molecule has 0 spiro atoms. The zero-order valence-electron chi connectivity index (χ0n) is 20.6. The molecule has 0 aliphatic carbocycles. The predicted molar refractivity (Wildman–Crippen MR) is 145 cm³/mol. The number of piperidine rings is 1. The monoisotopic (exact) mass is 552 g/mol. The van der Waals surface area contributed by atoms with E-state index in [0.717, 1.165) is 49.1 Å². The van der Waals surface area contributed by atoms with Crippen LogP contribution in [0.15, 0.2) is 41.4 Å². The average molecular weight is 553 g/mol. The van der Waals surface area contributed by atoms with Crippen molar-refractivity contribution < 1.29 is 18.8 Å². The Kier molecular flexibility index (Phi) is 7.91. The number of hydrogen-bond acceptors (Lipinski definition) is 10. The Morgan fingerprint density at radius 2 is 2.03 bits per heavy atom. The Bertz CT molecular complexity index is 1420. The highest BCUT2D eigenvalue weighted by Crippen LogP contribution is 2.28. The molecule has 2 N–H and O–H groups in total. The maximum atomic E-state index is 14.3. The van der Waals surface area contributed by atoms with Crippen molar-refractivity contribution in [3.63, 3.8) is 0 Å². The molecule has 0 saturated carbocycles. The summed E-state index contributed by atoms with van der Waals surface area (Å²) in [6, 6.07) is 8.07. The van der Waals surface area contributed by atoms with E-state index in [1.165, 1.54) is 30.4 Å². The molecule has 2 aliphatic rings. The van der Waals surface area contributed by atoms with Gasteiger partial charge in [-0.25, -0.2) is 14.4 Å². The van der Waals surface area contributed by atoms with E-state index in [1.807, 2.05) is 0 Å². The van der Waals surface area contributed by atoms with Crippen molar-refractivity contribution in [2.24, 2.45) is 5.92 Å². The van der Waals surface area contributed by atoms with E-state index < -0.39 is 5.91 Å². The molecule has 38 heavy (non-hydrogen) atoms. The van der Waals surface area contributed by atoms with E-state index in [4.69, 9.17) is 0 Å². The lowest BCUT2D eigenvalue weighted by Gasteiger charge is -2.32. The van der Waals surface area contributed by atoms with Gasteiger partial charge in [-0.15, -0.1) is 11.3 Å². The standard InChI is InChI=1S/C26H25FN6O3S2/c1-15(34)21-2-3-22(37-21)20-11-17(27)10-19(30-20)14-28-13-16-5-8-33(9-6-16)25-29-7-4-18(31-25)12-23-24(35)32-26(36)38-23/h2-4,7,10-12,16,28H,5-6,8-9,13-14H2,1H3,(H,32,35,36)/b23-12+. The molecule has 2 amide bonds. The van der Waals surface area contributed by atoms with Crippen LogP contribution in [-0.2, 0) is 11.3 Å². The van der Waals surface area contributed by atoms with Crippen LogP contribution >= 0.6 is 23.1 Å². The number of hydrogen-bond donors (Lipinski definition) is 2. The first-order valence-corrected chi connectivity index (χ1v) is 13.8. The smallest absolute Gasteiger partial charge is 0.290 e. The lowest BCUT2D eigenvalue weighted by Crippen LogP contribution is -2.38. The largest absolute Gasteiger partial charge is 0.341 e. The van der Waals surface area contributed by atoms with Gasteiger partial charge in [0.15, 0.2) is 5.78 Å². The van der Waals surface area contributed by atoms with Gasteiger partial charge in [0.25, 0.3) is 11.1 Å². The number of anilines is 1. The Labute approximate surface area is 227 Å². The first kappa shape index (κ1) is 26.1. The van der Waals surface area contributed by atoms with Crippen LogP contribution in [-0.4, -0.2) is 51.5 Å². The number of aromatic nitrogens is 3. The van der Waals surface area contributed by atoms with Gasteiger partial charge in [0.1, 0.15) is 5.82 Å². The Balaban J connectivity index is 1.13. The number of rotatable bonds is 8. The molecule has 0 bridgehead atoms. The molecular weight excluding hydrogens is 527 g/mol. The SMILES string of the molecule is CC(=O)c1ccc(-c2cc(F)cc(CNCC3CCN(c4nccc(/C=C5/SC(=O)NC5=O)n4)CC3)n2)s1. The van der Waals surface area contributed by atoms with Crippen LogP contribution < -0.4 is 15.5 Å². The van der Waals surface area contributed by atoms with Crippen LogP contribution in [0.2, 0.25) is 0 Å². The molecule has 5 heterocycles. The maximum absolute atomic E-state index is 14.3. The van der Waals surface area contributed by atoms with E-state index in [9.17, 15) is 18.8 Å². The highest BCUT2D eigenvalue weighted by atomic mass is 32.2. The van der Waals surface area contributed by atoms with E-state index in [2.05, 4.69) is 30.5 Å². The minimum absolute atomic E-state index is 0.0166. The summed E-state index contributed by atoms with van der Waals surface area (Å²) < 4.78 is 14.3. The lowest BCUT2D eigenvalue weighted by atomic mass is 9.97. The number of halogens is 1. The molecule has 196 valence electrons. The summed E-state index contributed by atoms with van der Waals surface area (Å²) in [5, 5.41) is 5.26. The predicted octanol–water partition coefficient (Wildman–Crippen LogP) is 4.27. The van der Waals surface area contributed by atoms with Crippen molar-refractivity contribution in [1.82, 2.24) is 25.6 Å². The number of carbonyl (C=O) groups is 3. The number of imide groups is 1. The molecule has 3 aromatic heterocycles. The quantitative estimate of drug-likeness (QED) is 0.312. The van der Waals surface area contributed by atoms with Gasteiger partial charge in [-0.3, -0.25) is 24.7 Å². The minimum Gasteiger partial charge on any atom is -0.341 e. The summed E-state index contributed by atoms with van der Waals surface area (Å²) >= 11 is 2.18. The van der Waals surface area contributed by atoms with Crippen molar-refractivity contribution in [3.05, 3.63) is 63.5 Å². The number of amides is 2. The first-order valence-electron chi connectivity index (χ1n) is 12.2. The molecule has 0 atom stereocenters. The molecule has 0 aromatic carbocycles. The Morgan fingerprint density at radius 1 is 1.21 bits per heavy atom. The Hall–Kier alpha value is -3.48. The minimum atomic E-state index is -0.410. The number of pyridine rings is 1. The molecule has 0 unspecified atom stereocenters. The van der Waals surface area contributed by atoms with Gasteiger partial charge in [0.05, 0.1) is 31.7 Å². The van der Waals surface area contributed by atoms with Gasteiger partial charge in [-0.1, -0.05) is 0 Å². The van der Waals surface area contributed by atoms with Gasteiger partial charge in [0.2, 0.25) is 5.95 Å². The maximum Gasteiger partial charge on any atom is 0.290 e. The fraction of sp³-hybridized carbons (Fsp3) is 0.308. The summed E-state index contributed by atoms with van der Waals surface area (Å²) in [4.78, 5) is 52.1. The normalized spacial score (nSPS) is 17.3. The number of nitrogens with one attached hydrogen (secondary N) is 2. The summed E-state index contributed by atoms with van der Waals surface area (Å²) in [7, 11) is 0. The second kappa shape index (κ2) is 11.5. The van der Waals surface area contributed by atoms with Gasteiger partial charge >= 0.3 is 0 Å². The van der Waals surface area contributed by atoms with Crippen molar-refractivity contribution >= 4 is 52.1 Å². The van der Waals surface area contributed by atoms with Gasteiger partial charge in [-0.2, -0.15) is 0 Å². The molecule has 2 aliphatic heterocycles. The fourth-order valence-electron chi connectivity index (χ4n) is 4.32. The summed E-state index contributed by atoms with van der Waals surface area (Å²) in [5.74, 6) is 0.265. The molecule has 2 saturated heterocycles. The molecule has 3 aromatic rings. The summed E-state index contributed by atoms with van der Waals surface area (Å²) in [6.07, 6.45) is 5.14. The number of ketones is 1. The van der Waals surface area contributed by atoms with Crippen molar-refractivity contribution in [2.45, 2.75) is 26.3 Å². The number of nitrogens with zero attached hydrogens (tertiary/aromatic N) is 4. The van der Waals surface area contributed by atoms with Crippen LogP contribution in [0, 0.1) is 11.7 Å². The lowest BCUT2D eigenvalue weighted by molar-refractivity contribution is -0.115. The van der Waals surface area contributed by atoms with E-state index in [-0.39, 0.29) is 16.8 Å². The number of Topliss-reactive ketones (excluding diaryl/α,β-unsaturated/α-hetero) is 1. The van der Waals surface area contributed by atoms with Crippen molar-refractivity contribution in [3.8, 4) is 10.6 Å². The van der Waals surface area contributed by atoms with Crippen LogP contribution in [0.1, 0.15) is 40.8 Å². The molecule has 12 heteroatoms. The number of carbonyl (C=O) groups excluding carboxylic acids is 3. The second-order valence-corrected chi connectivity index (χ2v) is 11.2. The number of thioether (sulfide) groups is 1. The summed E-state index contributed by atoms with van der Waals surface area (Å²) in [6.45, 7) is 4.32. The second-order valence-electron chi connectivity index (χ2n) is 9.08. The molecule has 0 radical (unpaired) electrons. The summed E-state index contributed by atoms with van der Waals surface area (Å²) in [5.41, 5.74) is 1.72. The van der Waals surface area contributed by atoms with E-state index in [1.54, 1.807) is 30.5 Å². The van der Waals surface area contributed by atoms with Crippen LogP contribution in [0.3, 0.4) is 0 Å². The zero-order chi connectivity index (χ0) is 26.6. The van der Waals surface area contributed by atoms with Gasteiger partial charge < -0.3 is 10.2 Å². The third kappa shape index (κ3) is 6.32. The van der Waals surface area contributed by atoms with Crippen LogP contribution in [0.25, 0.3) is 16.6 Å². The van der Waals surface area contributed by atoms with Crippen molar-refractivity contribution in [2.75, 3.05) is 24.5 Å². The Morgan fingerprint density at radius 3 is 2.74 bits per heavy atom. The number of thiophene rings is 1. The van der Waals surface area contributed by atoms with E-state index in [0.29, 0.717) is 45.3 Å². The highest BCUT2D eigenvalue weighted by Gasteiger charge is 2.26. The molecule has 9 nitrogen and oxygen atoms in total. The highest BCUT2D eigenvalue weighted by molar-refractivity contribution is 8.18. The van der Waals surface area contributed by atoms with Crippen LogP contribution in [0.4, 0.5) is 15.1 Å². The fourth-order valence-corrected chi connectivity index (χ4v) is 5.85. The third-order valence-electron chi connectivity index (χ3n) is 6.27. The van der Waals surface area contributed by atoms with Crippen molar-refractivity contribution in [1.29, 1.82) is 0 Å². The zero-order valence-corrected chi connectivity index (χ0v) is 22.2. The van der Waals surface area contributed by atoms with Gasteiger partial charge in [-0.05, 0) is 74.3 Å². The van der Waals surface area contributed by atoms with Gasteiger partial charge in [0, 0.05) is 31.9 Å². The average Bonchev–Trinajstić information content (AvgIpc) is 3.51. The molecule has 5 rings (SSSR count). The molecule has 2 fully saturated rings. The van der Waals surface area contributed by atoms with E-state index >= 15 is 0 Å². The molecular formula is C26H25FN6O3S2. The third-order valence-corrected chi connectivity index (χ3v) is 8.29. The first-order chi connectivity index (χ1) is 18.3. The van der Waals surface area contributed by atoms with Crippen LogP contribution in [0.5, 0.6) is 0 Å². The topological polar surface area (TPSA) is 117 Å².